The molecule has 2 nitrogen and oxygen atoms in total. The number of fused-ring (bicyclic) bond motifs is 1. The fourth-order valence-electron chi connectivity index (χ4n) is 2.96. The summed E-state index contributed by atoms with van der Waals surface area (Å²) in [5.41, 5.74) is 2.67. The second-order valence-electron chi connectivity index (χ2n) is 5.24. The first-order chi connectivity index (χ1) is 8.33. The first kappa shape index (κ1) is 10.8. The van der Waals surface area contributed by atoms with Crippen LogP contribution < -0.4 is 0 Å². The summed E-state index contributed by atoms with van der Waals surface area (Å²) in [6.45, 7) is 0. The Morgan fingerprint density at radius 2 is 1.88 bits per heavy atom. The molecule has 0 amide bonds. The summed E-state index contributed by atoms with van der Waals surface area (Å²) in [4.78, 5) is 3.34. The van der Waals surface area contributed by atoms with Crippen molar-refractivity contribution >= 4 is 10.9 Å². The minimum Gasteiger partial charge on any atom is -0.393 e. The molecular weight excluding hydrogens is 210 g/mol. The third-order valence-corrected chi connectivity index (χ3v) is 4.00. The molecule has 1 aliphatic carbocycles. The van der Waals surface area contributed by atoms with Gasteiger partial charge in [0.2, 0.25) is 0 Å². The van der Waals surface area contributed by atoms with E-state index in [1.807, 2.05) is 0 Å². The SMILES string of the molecule is OC1CCC(Cc2c[nH]c3ccccc23)CC1. The standard InChI is InChI=1S/C15H19NO/c17-13-7-5-11(6-8-13)9-12-10-16-15-4-2-1-3-14(12)15/h1-4,10-11,13,16-17H,5-9H2. The zero-order valence-corrected chi connectivity index (χ0v) is 10.0. The van der Waals surface area contributed by atoms with Gasteiger partial charge in [-0.05, 0) is 49.7 Å². The average molecular weight is 229 g/mol. The van der Waals surface area contributed by atoms with Crippen LogP contribution in [0.5, 0.6) is 0 Å². The smallest absolute Gasteiger partial charge is 0.0540 e. The summed E-state index contributed by atoms with van der Waals surface area (Å²) in [6.07, 6.45) is 7.54. The van der Waals surface area contributed by atoms with E-state index in [4.69, 9.17) is 0 Å². The lowest BCUT2D eigenvalue weighted by Gasteiger charge is -2.25. The number of para-hydroxylation sites is 1. The van der Waals surface area contributed by atoms with Crippen molar-refractivity contribution in [2.75, 3.05) is 0 Å². The predicted octanol–water partition coefficient (Wildman–Crippen LogP) is 3.26. The van der Waals surface area contributed by atoms with Gasteiger partial charge in [0.25, 0.3) is 0 Å². The minimum absolute atomic E-state index is 0.0470. The maximum absolute atomic E-state index is 9.52. The van der Waals surface area contributed by atoms with Gasteiger partial charge in [-0.1, -0.05) is 18.2 Å². The van der Waals surface area contributed by atoms with Crippen molar-refractivity contribution < 1.29 is 5.11 Å². The van der Waals surface area contributed by atoms with E-state index in [-0.39, 0.29) is 6.10 Å². The molecule has 2 aromatic rings. The van der Waals surface area contributed by atoms with E-state index >= 15 is 0 Å². The zero-order valence-electron chi connectivity index (χ0n) is 10.0. The molecular formula is C15H19NO. The van der Waals surface area contributed by atoms with Gasteiger partial charge in [0.05, 0.1) is 6.10 Å². The molecule has 1 saturated carbocycles. The molecule has 1 heterocycles. The molecule has 3 rings (SSSR count). The van der Waals surface area contributed by atoms with E-state index in [9.17, 15) is 5.11 Å². The molecule has 2 N–H and O–H groups in total. The molecule has 2 heteroatoms. The Morgan fingerprint density at radius 1 is 1.12 bits per heavy atom. The van der Waals surface area contributed by atoms with Gasteiger partial charge in [-0.3, -0.25) is 0 Å². The molecule has 0 saturated heterocycles. The Morgan fingerprint density at radius 3 is 2.71 bits per heavy atom. The van der Waals surface area contributed by atoms with Gasteiger partial charge in [-0.2, -0.15) is 0 Å². The first-order valence-electron chi connectivity index (χ1n) is 6.56. The van der Waals surface area contributed by atoms with Crippen molar-refractivity contribution in [2.24, 2.45) is 5.92 Å². The molecule has 17 heavy (non-hydrogen) atoms. The molecule has 0 radical (unpaired) electrons. The number of hydrogen-bond acceptors (Lipinski definition) is 1. The van der Waals surface area contributed by atoms with E-state index in [2.05, 4.69) is 35.4 Å². The molecule has 0 spiro atoms. The Labute approximate surface area is 102 Å². The van der Waals surface area contributed by atoms with Gasteiger partial charge in [-0.15, -0.1) is 0 Å². The summed E-state index contributed by atoms with van der Waals surface area (Å²) < 4.78 is 0. The molecule has 1 aromatic heterocycles. The second-order valence-corrected chi connectivity index (χ2v) is 5.24. The molecule has 1 fully saturated rings. The lowest BCUT2D eigenvalue weighted by atomic mass is 9.83. The topological polar surface area (TPSA) is 36.0 Å². The van der Waals surface area contributed by atoms with E-state index < -0.39 is 0 Å². The number of hydrogen-bond donors (Lipinski definition) is 2. The predicted molar refractivity (Wildman–Crippen MR) is 70.0 cm³/mol. The normalized spacial score (nSPS) is 25.2. The van der Waals surface area contributed by atoms with Crippen LogP contribution in [-0.4, -0.2) is 16.2 Å². The Balaban J connectivity index is 1.76. The molecule has 0 bridgehead atoms. The summed E-state index contributed by atoms with van der Waals surface area (Å²) in [6, 6.07) is 8.49. The monoisotopic (exact) mass is 229 g/mol. The summed E-state index contributed by atoms with van der Waals surface area (Å²) in [5, 5.41) is 10.9. The minimum atomic E-state index is -0.0470. The Kier molecular flexibility index (Phi) is 2.89. The number of rotatable bonds is 2. The van der Waals surface area contributed by atoms with E-state index in [1.54, 1.807) is 0 Å². The van der Waals surface area contributed by atoms with Gasteiger partial charge in [0.15, 0.2) is 0 Å². The molecule has 1 aliphatic rings. The number of aromatic nitrogens is 1. The highest BCUT2D eigenvalue weighted by Crippen LogP contribution is 2.29. The van der Waals surface area contributed by atoms with Crippen LogP contribution in [-0.2, 0) is 6.42 Å². The fourth-order valence-corrected chi connectivity index (χ4v) is 2.96. The van der Waals surface area contributed by atoms with Crippen molar-refractivity contribution in [3.05, 3.63) is 36.0 Å². The average Bonchev–Trinajstić information content (AvgIpc) is 2.76. The van der Waals surface area contributed by atoms with E-state index in [0.717, 1.165) is 25.2 Å². The van der Waals surface area contributed by atoms with Crippen LogP contribution in [0.4, 0.5) is 0 Å². The van der Waals surface area contributed by atoms with Gasteiger partial charge < -0.3 is 10.1 Å². The van der Waals surface area contributed by atoms with Crippen molar-refractivity contribution in [3.63, 3.8) is 0 Å². The first-order valence-corrected chi connectivity index (χ1v) is 6.56. The summed E-state index contributed by atoms with van der Waals surface area (Å²) in [7, 11) is 0. The van der Waals surface area contributed by atoms with E-state index in [1.165, 1.54) is 29.3 Å². The Bertz CT molecular complexity index is 494. The van der Waals surface area contributed by atoms with Crippen LogP contribution in [0.15, 0.2) is 30.5 Å². The van der Waals surface area contributed by atoms with Crippen molar-refractivity contribution in [2.45, 2.75) is 38.2 Å². The maximum atomic E-state index is 9.52. The lowest BCUT2D eigenvalue weighted by molar-refractivity contribution is 0.109. The lowest BCUT2D eigenvalue weighted by Crippen LogP contribution is -2.19. The van der Waals surface area contributed by atoms with Crippen molar-refractivity contribution in [1.82, 2.24) is 4.98 Å². The van der Waals surface area contributed by atoms with E-state index in [0.29, 0.717) is 0 Å². The second kappa shape index (κ2) is 4.53. The molecule has 90 valence electrons. The quantitative estimate of drug-likeness (QED) is 0.814. The van der Waals surface area contributed by atoms with Gasteiger partial charge in [0, 0.05) is 17.1 Å². The molecule has 1 aromatic carbocycles. The van der Waals surface area contributed by atoms with Gasteiger partial charge >= 0.3 is 0 Å². The largest absolute Gasteiger partial charge is 0.393 e. The van der Waals surface area contributed by atoms with Crippen LogP contribution in [0.3, 0.4) is 0 Å². The molecule has 0 aliphatic heterocycles. The highest BCUT2D eigenvalue weighted by molar-refractivity contribution is 5.83. The van der Waals surface area contributed by atoms with Crippen molar-refractivity contribution in [3.8, 4) is 0 Å². The summed E-state index contributed by atoms with van der Waals surface area (Å²) in [5.74, 6) is 0.748. The number of aliphatic hydroxyl groups excluding tert-OH is 1. The maximum Gasteiger partial charge on any atom is 0.0540 e. The molecule has 0 atom stereocenters. The third-order valence-electron chi connectivity index (χ3n) is 4.00. The van der Waals surface area contributed by atoms with Gasteiger partial charge in [-0.25, -0.2) is 0 Å². The van der Waals surface area contributed by atoms with Crippen LogP contribution in [0.25, 0.3) is 10.9 Å². The summed E-state index contributed by atoms with van der Waals surface area (Å²) >= 11 is 0. The van der Waals surface area contributed by atoms with Crippen LogP contribution in [0, 0.1) is 5.92 Å². The number of nitrogens with one attached hydrogen (secondary N) is 1. The van der Waals surface area contributed by atoms with Crippen LogP contribution in [0.2, 0.25) is 0 Å². The number of aromatic amines is 1. The molecule has 0 unspecified atom stereocenters. The number of benzene rings is 1. The fraction of sp³-hybridized carbons (Fsp3) is 0.467. The Hall–Kier alpha value is -1.28. The van der Waals surface area contributed by atoms with Crippen molar-refractivity contribution in [1.29, 1.82) is 0 Å². The van der Waals surface area contributed by atoms with Crippen LogP contribution >= 0.6 is 0 Å². The highest BCUT2D eigenvalue weighted by Gasteiger charge is 2.20. The number of aliphatic hydroxyl groups is 1. The third kappa shape index (κ3) is 2.22. The van der Waals surface area contributed by atoms with Gasteiger partial charge in [0.1, 0.15) is 0 Å². The van der Waals surface area contributed by atoms with Crippen LogP contribution in [0.1, 0.15) is 31.2 Å². The zero-order chi connectivity index (χ0) is 11.7. The highest BCUT2D eigenvalue weighted by atomic mass is 16.3. The number of H-pyrrole nitrogens is 1.